The molecule has 0 spiro atoms. The molecule has 0 saturated carbocycles. The molecular weight excluding hydrogens is 312 g/mol. The van der Waals surface area contributed by atoms with Crippen LogP contribution in [0.4, 0.5) is 0 Å². The number of amides is 1. The third-order valence-electron chi connectivity index (χ3n) is 4.48. The topological polar surface area (TPSA) is 75.3 Å². The van der Waals surface area contributed by atoms with Gasteiger partial charge in [0.1, 0.15) is 0 Å². The molecule has 0 heterocycles. The van der Waals surface area contributed by atoms with Crippen LogP contribution in [0.15, 0.2) is 30.3 Å². The number of carbonyl (C=O) groups is 1. The van der Waals surface area contributed by atoms with Crippen molar-refractivity contribution in [2.45, 2.75) is 65.5 Å². The predicted octanol–water partition coefficient (Wildman–Crippen LogP) is 3.13. The van der Waals surface area contributed by atoms with Gasteiger partial charge < -0.3 is 16.2 Å². The molecule has 0 aliphatic heterocycles. The van der Waals surface area contributed by atoms with Gasteiger partial charge in [-0.15, -0.1) is 0 Å². The van der Waals surface area contributed by atoms with Gasteiger partial charge in [-0.25, -0.2) is 0 Å². The number of benzene rings is 1. The lowest BCUT2D eigenvalue weighted by Gasteiger charge is -2.25. The van der Waals surface area contributed by atoms with Crippen LogP contribution in [0.2, 0.25) is 0 Å². The van der Waals surface area contributed by atoms with E-state index in [1.165, 1.54) is 0 Å². The summed E-state index contributed by atoms with van der Waals surface area (Å²) in [5, 5.41) is 13.5. The zero-order valence-electron chi connectivity index (χ0n) is 16.2. The summed E-state index contributed by atoms with van der Waals surface area (Å²) in [5.74, 6) is 0.816. The van der Waals surface area contributed by atoms with Gasteiger partial charge in [-0.05, 0) is 43.1 Å². The number of nitrogens with one attached hydrogen (secondary N) is 1. The molecule has 4 nitrogen and oxygen atoms in total. The van der Waals surface area contributed by atoms with Gasteiger partial charge in [0, 0.05) is 18.5 Å². The molecule has 0 aliphatic carbocycles. The number of rotatable bonds is 11. The summed E-state index contributed by atoms with van der Waals surface area (Å²) < 4.78 is 0. The van der Waals surface area contributed by atoms with Crippen molar-refractivity contribution in [3.05, 3.63) is 35.9 Å². The van der Waals surface area contributed by atoms with Crippen LogP contribution in [0.5, 0.6) is 0 Å². The van der Waals surface area contributed by atoms with Crippen molar-refractivity contribution in [1.82, 2.24) is 5.32 Å². The average Bonchev–Trinajstić information content (AvgIpc) is 2.54. The lowest BCUT2D eigenvalue weighted by Crippen LogP contribution is -2.41. The van der Waals surface area contributed by atoms with Crippen molar-refractivity contribution < 1.29 is 9.90 Å². The molecule has 1 amide bonds. The molecule has 0 bridgehead atoms. The average molecular weight is 349 g/mol. The number of nitrogens with two attached hydrogens (primary N) is 1. The van der Waals surface area contributed by atoms with Crippen molar-refractivity contribution in [2.24, 2.45) is 23.5 Å². The molecule has 0 radical (unpaired) electrons. The Balaban J connectivity index is 2.58. The third-order valence-corrected chi connectivity index (χ3v) is 4.48. The Bertz CT molecular complexity index is 488. The van der Waals surface area contributed by atoms with Crippen molar-refractivity contribution in [3.63, 3.8) is 0 Å². The van der Waals surface area contributed by atoms with E-state index in [4.69, 9.17) is 5.73 Å². The van der Waals surface area contributed by atoms with Crippen molar-refractivity contribution in [3.8, 4) is 0 Å². The highest BCUT2D eigenvalue weighted by atomic mass is 16.3. The molecule has 4 heteroatoms. The molecule has 142 valence electrons. The minimum atomic E-state index is -0.681. The summed E-state index contributed by atoms with van der Waals surface area (Å²) in [6, 6.07) is 9.57. The highest BCUT2D eigenvalue weighted by molar-refractivity contribution is 5.78. The molecule has 0 saturated heterocycles. The molecule has 4 N–H and O–H groups in total. The number of hydrogen-bond donors (Lipinski definition) is 3. The van der Waals surface area contributed by atoms with Gasteiger partial charge in [0.05, 0.1) is 6.10 Å². The van der Waals surface area contributed by atoms with Gasteiger partial charge in [-0.1, -0.05) is 58.0 Å². The highest BCUT2D eigenvalue weighted by Crippen LogP contribution is 2.20. The largest absolute Gasteiger partial charge is 0.391 e. The van der Waals surface area contributed by atoms with Crippen LogP contribution in [0.3, 0.4) is 0 Å². The molecule has 0 fully saturated rings. The van der Waals surface area contributed by atoms with E-state index in [1.807, 2.05) is 30.3 Å². The van der Waals surface area contributed by atoms with E-state index in [0.717, 1.165) is 18.4 Å². The van der Waals surface area contributed by atoms with Crippen LogP contribution in [0.1, 0.15) is 52.5 Å². The van der Waals surface area contributed by atoms with Gasteiger partial charge in [-0.2, -0.15) is 0 Å². The first-order valence-corrected chi connectivity index (χ1v) is 9.54. The van der Waals surface area contributed by atoms with Crippen LogP contribution in [-0.2, 0) is 11.2 Å². The first-order chi connectivity index (χ1) is 11.8. The quantitative estimate of drug-likeness (QED) is 0.575. The molecule has 0 aliphatic rings. The summed E-state index contributed by atoms with van der Waals surface area (Å²) in [4.78, 5) is 12.5. The molecule has 0 unspecified atom stereocenters. The van der Waals surface area contributed by atoms with Crippen LogP contribution in [0.25, 0.3) is 0 Å². The first-order valence-electron chi connectivity index (χ1n) is 9.54. The van der Waals surface area contributed by atoms with E-state index in [-0.39, 0.29) is 17.9 Å². The fourth-order valence-electron chi connectivity index (χ4n) is 3.00. The minimum absolute atomic E-state index is 0.0420. The van der Waals surface area contributed by atoms with Crippen molar-refractivity contribution in [2.75, 3.05) is 6.54 Å². The van der Waals surface area contributed by atoms with Crippen molar-refractivity contribution in [1.29, 1.82) is 0 Å². The second-order valence-electron chi connectivity index (χ2n) is 7.96. The Morgan fingerprint density at radius 3 is 2.28 bits per heavy atom. The Morgan fingerprint density at radius 2 is 1.72 bits per heavy atom. The standard InChI is InChI=1S/C21H36N2O2/c1-15(2)10-11-23-21(25)18(12-16(3)4)14-20(24)19(22)13-17-8-6-5-7-9-17/h5-9,15-16,18-20,24H,10-14,22H2,1-4H3,(H,23,25)/t18-,19+,20+/m1/s1. The second-order valence-corrected chi connectivity index (χ2v) is 7.96. The highest BCUT2D eigenvalue weighted by Gasteiger charge is 2.26. The maximum atomic E-state index is 12.5. The first kappa shape index (κ1) is 21.7. The van der Waals surface area contributed by atoms with Gasteiger partial charge in [0.25, 0.3) is 0 Å². The maximum absolute atomic E-state index is 12.5. The minimum Gasteiger partial charge on any atom is -0.391 e. The summed E-state index contributed by atoms with van der Waals surface area (Å²) >= 11 is 0. The molecule has 25 heavy (non-hydrogen) atoms. The van der Waals surface area contributed by atoms with Crippen LogP contribution >= 0.6 is 0 Å². The Morgan fingerprint density at radius 1 is 1.08 bits per heavy atom. The maximum Gasteiger partial charge on any atom is 0.223 e. The smallest absolute Gasteiger partial charge is 0.223 e. The lowest BCUT2D eigenvalue weighted by molar-refractivity contribution is -0.126. The van der Waals surface area contributed by atoms with E-state index < -0.39 is 6.10 Å². The molecule has 0 aromatic heterocycles. The molecule has 1 aromatic carbocycles. The Kier molecular flexibility index (Phi) is 9.76. The summed E-state index contributed by atoms with van der Waals surface area (Å²) in [6.45, 7) is 9.18. The number of hydrogen-bond acceptors (Lipinski definition) is 3. The summed E-state index contributed by atoms with van der Waals surface area (Å²) in [7, 11) is 0. The zero-order chi connectivity index (χ0) is 18.8. The third kappa shape index (κ3) is 9.03. The monoisotopic (exact) mass is 348 g/mol. The number of aliphatic hydroxyl groups excluding tert-OH is 1. The summed E-state index contributed by atoms with van der Waals surface area (Å²) in [6.07, 6.45) is 2.09. The molecule has 3 atom stereocenters. The normalized spacial score (nSPS) is 15.2. The van der Waals surface area contributed by atoms with E-state index in [1.54, 1.807) is 0 Å². The SMILES string of the molecule is CC(C)CCNC(=O)[C@H](CC(C)C)C[C@H](O)[C@@H](N)Cc1ccccc1. The number of aliphatic hydroxyl groups is 1. The van der Waals surface area contributed by atoms with E-state index in [0.29, 0.717) is 31.2 Å². The number of carbonyl (C=O) groups excluding carboxylic acids is 1. The van der Waals surface area contributed by atoms with Crippen LogP contribution in [-0.4, -0.2) is 29.7 Å². The lowest BCUT2D eigenvalue weighted by atomic mass is 9.88. The van der Waals surface area contributed by atoms with Gasteiger partial charge in [0.15, 0.2) is 0 Å². The Labute approximate surface area is 153 Å². The van der Waals surface area contributed by atoms with Gasteiger partial charge in [0.2, 0.25) is 5.91 Å². The molecular formula is C21H36N2O2. The predicted molar refractivity (Wildman–Crippen MR) is 104 cm³/mol. The van der Waals surface area contributed by atoms with Crippen molar-refractivity contribution >= 4 is 5.91 Å². The van der Waals surface area contributed by atoms with Crippen LogP contribution < -0.4 is 11.1 Å². The fraction of sp³-hybridized carbons (Fsp3) is 0.667. The second kappa shape index (κ2) is 11.3. The molecule has 1 aromatic rings. The van der Waals surface area contributed by atoms with Crippen LogP contribution in [0, 0.1) is 17.8 Å². The van der Waals surface area contributed by atoms with E-state index in [9.17, 15) is 9.90 Å². The fourth-order valence-corrected chi connectivity index (χ4v) is 3.00. The van der Waals surface area contributed by atoms with Gasteiger partial charge in [-0.3, -0.25) is 4.79 Å². The van der Waals surface area contributed by atoms with E-state index in [2.05, 4.69) is 33.0 Å². The van der Waals surface area contributed by atoms with E-state index >= 15 is 0 Å². The molecule has 1 rings (SSSR count). The van der Waals surface area contributed by atoms with Gasteiger partial charge >= 0.3 is 0 Å². The summed E-state index contributed by atoms with van der Waals surface area (Å²) in [5.41, 5.74) is 7.29. The Hall–Kier alpha value is -1.39. The zero-order valence-corrected chi connectivity index (χ0v) is 16.2.